The van der Waals surface area contributed by atoms with Crippen molar-refractivity contribution in [3.63, 3.8) is 0 Å². The van der Waals surface area contributed by atoms with Crippen LogP contribution in [-0.4, -0.2) is 18.0 Å². The molecule has 0 amide bonds. The Morgan fingerprint density at radius 1 is 0.906 bits per heavy atom. The van der Waals surface area contributed by atoms with Gasteiger partial charge in [0.05, 0.1) is 0 Å². The molecule has 0 radical (unpaired) electrons. The van der Waals surface area contributed by atoms with E-state index >= 15 is 0 Å². The molecule has 3 aromatic carbocycles. The average molecular weight is 417 g/mol. The first-order valence-electron chi connectivity index (χ1n) is 11.3. The second-order valence-corrected chi connectivity index (χ2v) is 8.31. The summed E-state index contributed by atoms with van der Waals surface area (Å²) >= 11 is 0. The Labute approximate surface area is 190 Å². The predicted molar refractivity (Wildman–Crippen MR) is 135 cm³/mol. The Bertz CT molecular complexity index is 1210. The van der Waals surface area contributed by atoms with E-state index in [-0.39, 0.29) is 0 Å². The third-order valence-corrected chi connectivity index (χ3v) is 6.43. The van der Waals surface area contributed by atoms with Crippen LogP contribution < -0.4 is 5.73 Å². The van der Waals surface area contributed by atoms with E-state index < -0.39 is 0 Å². The third-order valence-electron chi connectivity index (χ3n) is 6.43. The van der Waals surface area contributed by atoms with Crippen molar-refractivity contribution in [2.24, 2.45) is 5.73 Å². The van der Waals surface area contributed by atoms with E-state index in [0.29, 0.717) is 5.92 Å². The topological polar surface area (TPSA) is 29.3 Å². The number of fused-ring (bicyclic) bond motifs is 3. The van der Waals surface area contributed by atoms with Gasteiger partial charge in [0.25, 0.3) is 0 Å². The number of allylic oxidation sites excluding steroid dienone is 5. The fraction of sp³-hybridized carbons (Fsp3) is 0.133. The van der Waals surface area contributed by atoms with Crippen LogP contribution in [0.25, 0.3) is 11.3 Å². The molecule has 0 saturated carbocycles. The largest absolute Gasteiger partial charge is 0.405 e. The van der Waals surface area contributed by atoms with Crippen molar-refractivity contribution in [3.05, 3.63) is 143 Å². The standard InChI is InChI=1S/C30H28N2/c31-20-19-24(23-10-2-1-3-11-23)17-18-25-12-4-5-13-26(25)29-22-32-21-9-8-16-30(32)28-15-7-6-14-27(28)29/h1-17,19-20,29H,18,21-22,31H2/b20-19-,24-17+/t29-/m0/s1. The van der Waals surface area contributed by atoms with Gasteiger partial charge in [-0.15, -0.1) is 0 Å². The molecule has 1 atom stereocenters. The van der Waals surface area contributed by atoms with Gasteiger partial charge in [0.1, 0.15) is 0 Å². The summed E-state index contributed by atoms with van der Waals surface area (Å²) in [5.74, 6) is 0.352. The zero-order valence-electron chi connectivity index (χ0n) is 18.2. The van der Waals surface area contributed by atoms with Gasteiger partial charge in [-0.3, -0.25) is 0 Å². The van der Waals surface area contributed by atoms with Crippen molar-refractivity contribution >= 4 is 11.3 Å². The summed E-state index contributed by atoms with van der Waals surface area (Å²) < 4.78 is 0. The molecule has 0 saturated heterocycles. The smallest absolute Gasteiger partial charge is 0.0445 e. The second-order valence-electron chi connectivity index (χ2n) is 8.31. The molecule has 0 aromatic heterocycles. The van der Waals surface area contributed by atoms with Gasteiger partial charge in [-0.25, -0.2) is 0 Å². The van der Waals surface area contributed by atoms with Gasteiger partial charge >= 0.3 is 0 Å². The van der Waals surface area contributed by atoms with Crippen molar-refractivity contribution < 1.29 is 0 Å². The maximum absolute atomic E-state index is 5.76. The van der Waals surface area contributed by atoms with Crippen LogP contribution in [0.1, 0.15) is 33.7 Å². The van der Waals surface area contributed by atoms with Crippen LogP contribution in [-0.2, 0) is 6.42 Å². The van der Waals surface area contributed by atoms with Gasteiger partial charge in [-0.2, -0.15) is 0 Å². The molecule has 158 valence electrons. The highest BCUT2D eigenvalue weighted by molar-refractivity contribution is 5.75. The molecule has 2 heterocycles. The Morgan fingerprint density at radius 2 is 1.66 bits per heavy atom. The molecular formula is C30H28N2. The first-order chi connectivity index (χ1) is 15.8. The normalized spacial score (nSPS) is 17.8. The number of benzene rings is 3. The Hall–Kier alpha value is -3.78. The van der Waals surface area contributed by atoms with Crippen molar-refractivity contribution in [1.82, 2.24) is 4.90 Å². The summed E-state index contributed by atoms with van der Waals surface area (Å²) in [5, 5.41) is 0. The minimum absolute atomic E-state index is 0.352. The van der Waals surface area contributed by atoms with Crippen molar-refractivity contribution in [2.75, 3.05) is 13.1 Å². The first kappa shape index (κ1) is 20.1. The molecule has 2 aliphatic rings. The van der Waals surface area contributed by atoms with Crippen LogP contribution in [0.3, 0.4) is 0 Å². The van der Waals surface area contributed by atoms with Gasteiger partial charge in [-0.1, -0.05) is 97.1 Å². The fourth-order valence-corrected chi connectivity index (χ4v) is 4.90. The molecule has 2 nitrogen and oxygen atoms in total. The van der Waals surface area contributed by atoms with Crippen LogP contribution in [0.15, 0.2) is 115 Å². The number of nitrogens with two attached hydrogens (primary N) is 1. The molecule has 5 rings (SSSR count). The molecule has 32 heavy (non-hydrogen) atoms. The number of hydrogen-bond donors (Lipinski definition) is 1. The van der Waals surface area contributed by atoms with E-state index in [1.165, 1.54) is 33.5 Å². The van der Waals surface area contributed by atoms with E-state index in [2.05, 4.69) is 102 Å². The highest BCUT2D eigenvalue weighted by Gasteiger charge is 2.30. The summed E-state index contributed by atoms with van der Waals surface area (Å²) in [6.45, 7) is 1.97. The highest BCUT2D eigenvalue weighted by Crippen LogP contribution is 2.40. The van der Waals surface area contributed by atoms with E-state index in [1.54, 1.807) is 6.20 Å². The molecule has 2 aliphatic heterocycles. The molecule has 0 unspecified atom stereocenters. The summed E-state index contributed by atoms with van der Waals surface area (Å²) in [5.41, 5.74) is 15.0. The van der Waals surface area contributed by atoms with E-state index in [9.17, 15) is 0 Å². The third kappa shape index (κ3) is 3.92. The lowest BCUT2D eigenvalue weighted by Crippen LogP contribution is -2.34. The van der Waals surface area contributed by atoms with Crippen molar-refractivity contribution in [2.45, 2.75) is 12.3 Å². The maximum Gasteiger partial charge on any atom is 0.0445 e. The quantitative estimate of drug-likeness (QED) is 0.506. The SMILES string of the molecule is N/C=C\C(=C/Cc1ccccc1[C@@H]1CN2CC=CC=C2c2ccccc21)c1ccccc1. The zero-order valence-corrected chi connectivity index (χ0v) is 18.2. The van der Waals surface area contributed by atoms with Gasteiger partial charge in [0.15, 0.2) is 0 Å². The molecule has 2 heteroatoms. The molecule has 0 fully saturated rings. The first-order valence-corrected chi connectivity index (χ1v) is 11.3. The number of hydrogen-bond acceptors (Lipinski definition) is 2. The maximum atomic E-state index is 5.76. The van der Waals surface area contributed by atoms with Gasteiger partial charge in [-0.05, 0) is 52.6 Å². The summed E-state index contributed by atoms with van der Waals surface area (Å²) in [6.07, 6.45) is 13.4. The summed E-state index contributed by atoms with van der Waals surface area (Å²) in [6, 6.07) is 28.2. The van der Waals surface area contributed by atoms with E-state index in [4.69, 9.17) is 5.73 Å². The predicted octanol–water partition coefficient (Wildman–Crippen LogP) is 6.14. The molecule has 2 N–H and O–H groups in total. The number of rotatable bonds is 5. The van der Waals surface area contributed by atoms with Crippen LogP contribution in [0.5, 0.6) is 0 Å². The summed E-state index contributed by atoms with van der Waals surface area (Å²) in [4.78, 5) is 2.51. The lowest BCUT2D eigenvalue weighted by atomic mass is 9.80. The van der Waals surface area contributed by atoms with Crippen LogP contribution in [0, 0.1) is 0 Å². The molecule has 0 spiro atoms. The highest BCUT2D eigenvalue weighted by atomic mass is 15.1. The Balaban J connectivity index is 1.53. The fourth-order valence-electron chi connectivity index (χ4n) is 4.90. The van der Waals surface area contributed by atoms with Gasteiger partial charge < -0.3 is 10.6 Å². The van der Waals surface area contributed by atoms with Crippen LogP contribution in [0.4, 0.5) is 0 Å². The van der Waals surface area contributed by atoms with E-state index in [1.807, 2.05) is 12.1 Å². The van der Waals surface area contributed by atoms with Crippen molar-refractivity contribution in [1.29, 1.82) is 0 Å². The van der Waals surface area contributed by atoms with Gasteiger partial charge in [0.2, 0.25) is 0 Å². The zero-order chi connectivity index (χ0) is 21.8. The lowest BCUT2D eigenvalue weighted by molar-refractivity contribution is 0.400. The number of nitrogens with zero attached hydrogens (tertiary/aromatic N) is 1. The lowest BCUT2D eigenvalue weighted by Gasteiger charge is -2.39. The van der Waals surface area contributed by atoms with Gasteiger partial charge in [0, 0.05) is 30.3 Å². The summed E-state index contributed by atoms with van der Waals surface area (Å²) in [7, 11) is 0. The molecule has 0 aliphatic carbocycles. The minimum Gasteiger partial charge on any atom is -0.405 e. The monoisotopic (exact) mass is 416 g/mol. The average Bonchev–Trinajstić information content (AvgIpc) is 2.87. The van der Waals surface area contributed by atoms with Crippen molar-refractivity contribution in [3.8, 4) is 0 Å². The van der Waals surface area contributed by atoms with Crippen LogP contribution in [0.2, 0.25) is 0 Å². The molecule has 0 bridgehead atoms. The van der Waals surface area contributed by atoms with E-state index in [0.717, 1.165) is 25.1 Å². The minimum atomic E-state index is 0.352. The van der Waals surface area contributed by atoms with Crippen LogP contribution >= 0.6 is 0 Å². The molecule has 3 aromatic rings. The Morgan fingerprint density at radius 3 is 2.50 bits per heavy atom. The molecular weight excluding hydrogens is 388 g/mol. The second kappa shape index (κ2) is 9.15. The Kier molecular flexibility index (Phi) is 5.76.